The van der Waals surface area contributed by atoms with Crippen LogP contribution in [0.3, 0.4) is 0 Å². The molecule has 0 aromatic heterocycles. The Kier molecular flexibility index (Phi) is 13.6. The summed E-state index contributed by atoms with van der Waals surface area (Å²) in [7, 11) is 1.48. The van der Waals surface area contributed by atoms with Gasteiger partial charge in [-0.15, -0.1) is 0 Å². The Bertz CT molecular complexity index is 120. The van der Waals surface area contributed by atoms with Crippen LogP contribution in [-0.4, -0.2) is 59.1 Å². The maximum Gasteiger partial charge on any atom is 0.108 e. The first-order chi connectivity index (χ1) is 7.08. The van der Waals surface area contributed by atoms with Crippen molar-refractivity contribution in [2.75, 3.05) is 20.3 Å². The molecule has 0 aromatic carbocycles. The molecule has 3 atom stereocenters. The standard InChI is InChI=1S/C8H18O4.C2H6O/c1-3-4-7(12-2)8(11)6(10)5-9;1-2-3/h6-11H,3-5H2,1-2H3;3H,2H2,1H3. The molecule has 0 aliphatic carbocycles. The molecule has 0 saturated heterocycles. The van der Waals surface area contributed by atoms with Gasteiger partial charge >= 0.3 is 0 Å². The Balaban J connectivity index is 0. The number of ether oxygens (including phenoxy) is 1. The molecule has 3 unspecified atom stereocenters. The number of aliphatic hydroxyl groups excluding tert-OH is 4. The van der Waals surface area contributed by atoms with Crippen molar-refractivity contribution in [1.29, 1.82) is 0 Å². The van der Waals surface area contributed by atoms with Gasteiger partial charge in [-0.25, -0.2) is 0 Å². The van der Waals surface area contributed by atoms with E-state index in [1.54, 1.807) is 6.92 Å². The molecule has 0 amide bonds. The van der Waals surface area contributed by atoms with Crippen LogP contribution in [0.25, 0.3) is 0 Å². The molecule has 94 valence electrons. The molecule has 0 aliphatic rings. The average Bonchev–Trinajstić information content (AvgIpc) is 2.25. The molecule has 0 radical (unpaired) electrons. The molecule has 5 heteroatoms. The van der Waals surface area contributed by atoms with E-state index in [1.165, 1.54) is 7.11 Å². The largest absolute Gasteiger partial charge is 0.397 e. The minimum atomic E-state index is -1.11. The van der Waals surface area contributed by atoms with Crippen LogP contribution in [0.15, 0.2) is 0 Å². The van der Waals surface area contributed by atoms with E-state index in [0.29, 0.717) is 6.42 Å². The quantitative estimate of drug-likeness (QED) is 0.489. The number of hydrogen-bond acceptors (Lipinski definition) is 5. The van der Waals surface area contributed by atoms with E-state index in [9.17, 15) is 5.11 Å². The van der Waals surface area contributed by atoms with Gasteiger partial charge in [-0.2, -0.15) is 0 Å². The molecule has 15 heavy (non-hydrogen) atoms. The highest BCUT2D eigenvalue weighted by atomic mass is 16.5. The smallest absolute Gasteiger partial charge is 0.108 e. The first-order valence-corrected chi connectivity index (χ1v) is 5.19. The van der Waals surface area contributed by atoms with Gasteiger partial charge in [-0.3, -0.25) is 0 Å². The maximum atomic E-state index is 9.37. The Hall–Kier alpha value is -0.200. The summed E-state index contributed by atoms with van der Waals surface area (Å²) >= 11 is 0. The van der Waals surface area contributed by atoms with Crippen molar-refractivity contribution >= 4 is 0 Å². The number of hydrogen-bond donors (Lipinski definition) is 4. The molecule has 0 aromatic rings. The second kappa shape index (κ2) is 11.9. The summed E-state index contributed by atoms with van der Waals surface area (Å²) in [5, 5.41) is 34.6. The van der Waals surface area contributed by atoms with Crippen molar-refractivity contribution in [1.82, 2.24) is 0 Å². The third-order valence-corrected chi connectivity index (χ3v) is 1.84. The predicted octanol–water partition coefficient (Wildman–Crippen LogP) is -0.486. The van der Waals surface area contributed by atoms with E-state index >= 15 is 0 Å². The lowest BCUT2D eigenvalue weighted by atomic mass is 10.0. The zero-order valence-corrected chi connectivity index (χ0v) is 9.76. The fraction of sp³-hybridized carbons (Fsp3) is 1.00. The summed E-state index contributed by atoms with van der Waals surface area (Å²) in [5.74, 6) is 0. The Morgan fingerprint density at radius 2 is 1.60 bits per heavy atom. The van der Waals surface area contributed by atoms with Gasteiger partial charge in [0.05, 0.1) is 12.7 Å². The normalized spacial score (nSPS) is 16.2. The molecular formula is C10H24O5. The minimum absolute atomic E-state index is 0.250. The molecule has 0 aliphatic heterocycles. The molecule has 0 heterocycles. The third-order valence-electron chi connectivity index (χ3n) is 1.84. The van der Waals surface area contributed by atoms with Gasteiger partial charge in [-0.05, 0) is 13.3 Å². The zero-order chi connectivity index (χ0) is 12.3. The SMILES string of the molecule is CCCC(OC)C(O)C(O)CO.CCO. The monoisotopic (exact) mass is 224 g/mol. The van der Waals surface area contributed by atoms with Gasteiger partial charge in [0.15, 0.2) is 0 Å². The van der Waals surface area contributed by atoms with E-state index in [-0.39, 0.29) is 6.61 Å². The molecule has 0 spiro atoms. The van der Waals surface area contributed by atoms with Gasteiger partial charge < -0.3 is 25.2 Å². The second-order valence-corrected chi connectivity index (χ2v) is 3.12. The van der Waals surface area contributed by atoms with Gasteiger partial charge in [0.2, 0.25) is 0 Å². The Labute approximate surface area is 91.3 Å². The van der Waals surface area contributed by atoms with E-state index in [0.717, 1.165) is 6.42 Å². The lowest BCUT2D eigenvalue weighted by Crippen LogP contribution is -2.40. The summed E-state index contributed by atoms with van der Waals surface area (Å²) in [6, 6.07) is 0. The van der Waals surface area contributed by atoms with Crippen molar-refractivity contribution in [2.24, 2.45) is 0 Å². The highest BCUT2D eigenvalue weighted by Gasteiger charge is 2.24. The van der Waals surface area contributed by atoms with Crippen molar-refractivity contribution in [3.05, 3.63) is 0 Å². The van der Waals surface area contributed by atoms with Crippen LogP contribution in [0.1, 0.15) is 26.7 Å². The van der Waals surface area contributed by atoms with Gasteiger partial charge in [-0.1, -0.05) is 13.3 Å². The summed E-state index contributed by atoms with van der Waals surface area (Å²) in [5.41, 5.74) is 0. The Morgan fingerprint density at radius 1 is 1.13 bits per heavy atom. The molecule has 0 saturated carbocycles. The van der Waals surface area contributed by atoms with Crippen LogP contribution < -0.4 is 0 Å². The van der Waals surface area contributed by atoms with Crippen molar-refractivity contribution < 1.29 is 25.2 Å². The molecule has 4 N–H and O–H groups in total. The van der Waals surface area contributed by atoms with Crippen LogP contribution in [-0.2, 0) is 4.74 Å². The lowest BCUT2D eigenvalue weighted by molar-refractivity contribution is -0.0918. The molecule has 5 nitrogen and oxygen atoms in total. The number of rotatable bonds is 6. The van der Waals surface area contributed by atoms with Crippen LogP contribution >= 0.6 is 0 Å². The number of methoxy groups -OCH3 is 1. The predicted molar refractivity (Wildman–Crippen MR) is 57.6 cm³/mol. The van der Waals surface area contributed by atoms with Crippen molar-refractivity contribution in [2.45, 2.75) is 45.0 Å². The fourth-order valence-corrected chi connectivity index (χ4v) is 1.07. The highest BCUT2D eigenvalue weighted by molar-refractivity contribution is 4.75. The topological polar surface area (TPSA) is 90.2 Å². The number of aliphatic hydroxyl groups is 4. The lowest BCUT2D eigenvalue weighted by Gasteiger charge is -2.24. The summed E-state index contributed by atoms with van der Waals surface area (Å²) < 4.78 is 4.95. The van der Waals surface area contributed by atoms with Gasteiger partial charge in [0.1, 0.15) is 12.2 Å². The van der Waals surface area contributed by atoms with Crippen molar-refractivity contribution in [3.63, 3.8) is 0 Å². The van der Waals surface area contributed by atoms with E-state index in [2.05, 4.69) is 0 Å². The highest BCUT2D eigenvalue weighted by Crippen LogP contribution is 2.09. The third kappa shape index (κ3) is 8.77. The van der Waals surface area contributed by atoms with Gasteiger partial charge in [0.25, 0.3) is 0 Å². The zero-order valence-electron chi connectivity index (χ0n) is 9.76. The average molecular weight is 224 g/mol. The fourth-order valence-electron chi connectivity index (χ4n) is 1.07. The molecule has 0 fully saturated rings. The summed E-state index contributed by atoms with van der Waals surface area (Å²) in [6.45, 7) is 3.45. The maximum absolute atomic E-state index is 9.37. The first-order valence-electron chi connectivity index (χ1n) is 5.19. The minimum Gasteiger partial charge on any atom is -0.397 e. The van der Waals surface area contributed by atoms with Crippen LogP contribution in [0, 0.1) is 0 Å². The molecule has 0 bridgehead atoms. The Morgan fingerprint density at radius 3 is 1.87 bits per heavy atom. The van der Waals surface area contributed by atoms with Crippen LogP contribution in [0.2, 0.25) is 0 Å². The van der Waals surface area contributed by atoms with Crippen molar-refractivity contribution in [3.8, 4) is 0 Å². The second-order valence-electron chi connectivity index (χ2n) is 3.12. The van der Waals surface area contributed by atoms with E-state index in [1.807, 2.05) is 6.92 Å². The summed E-state index contributed by atoms with van der Waals surface area (Å²) in [4.78, 5) is 0. The van der Waals surface area contributed by atoms with Crippen LogP contribution in [0.4, 0.5) is 0 Å². The molecular weight excluding hydrogens is 200 g/mol. The van der Waals surface area contributed by atoms with Gasteiger partial charge in [0, 0.05) is 13.7 Å². The first kappa shape index (κ1) is 17.2. The van der Waals surface area contributed by atoms with E-state index in [4.69, 9.17) is 20.1 Å². The van der Waals surface area contributed by atoms with E-state index < -0.39 is 24.9 Å². The molecule has 0 rings (SSSR count). The summed E-state index contributed by atoms with van der Waals surface area (Å²) in [6.07, 6.45) is -0.957. The van der Waals surface area contributed by atoms with Crippen LogP contribution in [0.5, 0.6) is 0 Å².